The van der Waals surface area contributed by atoms with Crippen molar-refractivity contribution in [1.82, 2.24) is 15.2 Å². The van der Waals surface area contributed by atoms with Gasteiger partial charge in [-0.1, -0.05) is 12.8 Å². The number of carboxylic acid groups (broad SMARTS) is 1. The van der Waals surface area contributed by atoms with Gasteiger partial charge >= 0.3 is 12.0 Å². The second-order valence-corrected chi connectivity index (χ2v) is 6.96. The quantitative estimate of drug-likeness (QED) is 0.757. The first-order chi connectivity index (χ1) is 10.9. The van der Waals surface area contributed by atoms with Gasteiger partial charge in [-0.05, 0) is 37.1 Å². The molecule has 1 heterocycles. The summed E-state index contributed by atoms with van der Waals surface area (Å²) in [5.41, 5.74) is 2.49. The van der Waals surface area contributed by atoms with Crippen molar-refractivity contribution in [2.45, 2.75) is 30.6 Å². The summed E-state index contributed by atoms with van der Waals surface area (Å²) in [5.74, 6) is -1.15. The molecule has 1 aliphatic rings. The van der Waals surface area contributed by atoms with E-state index in [-0.39, 0.29) is 10.5 Å². The van der Waals surface area contributed by atoms with Crippen molar-refractivity contribution in [3.8, 4) is 0 Å². The SMILES string of the molecule is O=C(NN1CCCCCC1)NS(=O)(=O)c1ccc(C(=O)O)cc1. The molecule has 0 bridgehead atoms. The second-order valence-electron chi connectivity index (χ2n) is 5.28. The van der Waals surface area contributed by atoms with Crippen LogP contribution >= 0.6 is 0 Å². The number of rotatable bonds is 4. The van der Waals surface area contributed by atoms with Gasteiger partial charge < -0.3 is 5.11 Å². The van der Waals surface area contributed by atoms with E-state index in [4.69, 9.17) is 5.11 Å². The number of hydrogen-bond donors (Lipinski definition) is 3. The molecule has 2 rings (SSSR count). The average molecular weight is 341 g/mol. The van der Waals surface area contributed by atoms with Crippen LogP contribution in [-0.2, 0) is 10.0 Å². The van der Waals surface area contributed by atoms with E-state index in [1.807, 2.05) is 4.72 Å². The third kappa shape index (κ3) is 4.93. The summed E-state index contributed by atoms with van der Waals surface area (Å²) in [6.45, 7) is 1.36. The monoisotopic (exact) mass is 341 g/mol. The van der Waals surface area contributed by atoms with Crippen molar-refractivity contribution in [3.63, 3.8) is 0 Å². The van der Waals surface area contributed by atoms with Crippen LogP contribution in [0.5, 0.6) is 0 Å². The molecule has 9 heteroatoms. The fraction of sp³-hybridized carbons (Fsp3) is 0.429. The van der Waals surface area contributed by atoms with Crippen LogP contribution in [0.25, 0.3) is 0 Å². The van der Waals surface area contributed by atoms with Crippen LogP contribution in [-0.4, -0.2) is 43.6 Å². The number of hydrogen-bond acceptors (Lipinski definition) is 5. The Morgan fingerprint density at radius 3 is 2.09 bits per heavy atom. The Morgan fingerprint density at radius 2 is 1.57 bits per heavy atom. The molecule has 0 unspecified atom stereocenters. The van der Waals surface area contributed by atoms with Gasteiger partial charge in [0.25, 0.3) is 10.0 Å². The maximum absolute atomic E-state index is 12.1. The third-order valence-corrected chi connectivity index (χ3v) is 4.85. The number of carbonyl (C=O) groups excluding carboxylic acids is 1. The van der Waals surface area contributed by atoms with Gasteiger partial charge in [-0.25, -0.2) is 27.7 Å². The van der Waals surface area contributed by atoms with Crippen LogP contribution in [0.4, 0.5) is 4.79 Å². The fourth-order valence-corrected chi connectivity index (χ4v) is 3.21. The van der Waals surface area contributed by atoms with Crippen molar-refractivity contribution in [2.75, 3.05) is 13.1 Å². The molecule has 3 N–H and O–H groups in total. The lowest BCUT2D eigenvalue weighted by Crippen LogP contribution is -2.49. The number of carboxylic acids is 1. The van der Waals surface area contributed by atoms with E-state index in [0.29, 0.717) is 13.1 Å². The normalized spacial score (nSPS) is 16.3. The summed E-state index contributed by atoms with van der Waals surface area (Å²) in [4.78, 5) is 22.4. The molecule has 0 saturated carbocycles. The summed E-state index contributed by atoms with van der Waals surface area (Å²) in [5, 5.41) is 10.5. The smallest absolute Gasteiger partial charge is 0.343 e. The van der Waals surface area contributed by atoms with E-state index >= 15 is 0 Å². The van der Waals surface area contributed by atoms with Crippen LogP contribution in [0.1, 0.15) is 36.0 Å². The maximum atomic E-state index is 12.1. The highest BCUT2D eigenvalue weighted by Gasteiger charge is 2.20. The van der Waals surface area contributed by atoms with Gasteiger partial charge in [0.05, 0.1) is 10.5 Å². The number of carbonyl (C=O) groups is 2. The molecule has 0 aromatic heterocycles. The molecule has 0 atom stereocenters. The Kier molecular flexibility index (Phi) is 5.56. The van der Waals surface area contributed by atoms with Gasteiger partial charge in [0.2, 0.25) is 0 Å². The number of hydrazine groups is 1. The van der Waals surface area contributed by atoms with E-state index < -0.39 is 22.0 Å². The van der Waals surface area contributed by atoms with Gasteiger partial charge in [0, 0.05) is 13.1 Å². The Balaban J connectivity index is 1.99. The van der Waals surface area contributed by atoms with Crippen LogP contribution in [0.15, 0.2) is 29.2 Å². The van der Waals surface area contributed by atoms with Gasteiger partial charge in [0.1, 0.15) is 0 Å². The second kappa shape index (κ2) is 7.42. The van der Waals surface area contributed by atoms with Gasteiger partial charge in [-0.2, -0.15) is 0 Å². The maximum Gasteiger partial charge on any atom is 0.343 e. The molecule has 2 amide bonds. The molecule has 23 heavy (non-hydrogen) atoms. The Labute approximate surface area is 134 Å². The van der Waals surface area contributed by atoms with E-state index in [9.17, 15) is 18.0 Å². The zero-order valence-electron chi connectivity index (χ0n) is 12.5. The molecule has 126 valence electrons. The number of nitrogens with zero attached hydrogens (tertiary/aromatic N) is 1. The zero-order chi connectivity index (χ0) is 16.9. The third-order valence-electron chi connectivity index (χ3n) is 3.50. The highest BCUT2D eigenvalue weighted by Crippen LogP contribution is 2.11. The molecule has 1 saturated heterocycles. The minimum absolute atomic E-state index is 0.0297. The molecule has 0 radical (unpaired) electrons. The first kappa shape index (κ1) is 17.2. The lowest BCUT2D eigenvalue weighted by molar-refractivity contribution is 0.0696. The molecule has 0 aliphatic carbocycles. The number of benzene rings is 1. The Morgan fingerprint density at radius 1 is 1.00 bits per heavy atom. The summed E-state index contributed by atoms with van der Waals surface area (Å²) in [7, 11) is -4.04. The first-order valence-corrected chi connectivity index (χ1v) is 8.78. The largest absolute Gasteiger partial charge is 0.478 e. The summed E-state index contributed by atoms with van der Waals surface area (Å²) in [6, 6.07) is 3.80. The molecular formula is C14H19N3O5S. The minimum Gasteiger partial charge on any atom is -0.478 e. The predicted molar refractivity (Wildman–Crippen MR) is 82.3 cm³/mol. The molecule has 8 nitrogen and oxygen atoms in total. The summed E-state index contributed by atoms with van der Waals surface area (Å²) < 4.78 is 26.1. The Hall–Kier alpha value is -2.13. The topological polar surface area (TPSA) is 116 Å². The van der Waals surface area contributed by atoms with Crippen LogP contribution in [0.2, 0.25) is 0 Å². The number of amides is 2. The molecular weight excluding hydrogens is 322 g/mol. The average Bonchev–Trinajstić information content (AvgIpc) is 2.75. The summed E-state index contributed by atoms with van der Waals surface area (Å²) in [6.07, 6.45) is 4.08. The summed E-state index contributed by atoms with van der Waals surface area (Å²) >= 11 is 0. The van der Waals surface area contributed by atoms with Gasteiger partial charge in [-0.15, -0.1) is 0 Å². The highest BCUT2D eigenvalue weighted by molar-refractivity contribution is 7.90. The van der Waals surface area contributed by atoms with Crippen LogP contribution in [0.3, 0.4) is 0 Å². The number of urea groups is 1. The van der Waals surface area contributed by atoms with E-state index in [0.717, 1.165) is 37.8 Å². The van der Waals surface area contributed by atoms with Crippen molar-refractivity contribution in [3.05, 3.63) is 29.8 Å². The lowest BCUT2D eigenvalue weighted by atomic mass is 10.2. The zero-order valence-corrected chi connectivity index (χ0v) is 13.3. The molecule has 1 fully saturated rings. The van der Waals surface area contributed by atoms with Crippen LogP contribution < -0.4 is 10.1 Å². The van der Waals surface area contributed by atoms with Crippen LogP contribution in [0, 0.1) is 0 Å². The number of nitrogens with one attached hydrogen (secondary N) is 2. The highest BCUT2D eigenvalue weighted by atomic mass is 32.2. The van der Waals surface area contributed by atoms with E-state index in [2.05, 4.69) is 5.43 Å². The van der Waals surface area contributed by atoms with E-state index in [1.165, 1.54) is 12.1 Å². The van der Waals surface area contributed by atoms with Crippen molar-refractivity contribution >= 4 is 22.0 Å². The molecule has 0 spiro atoms. The fourth-order valence-electron chi connectivity index (χ4n) is 2.31. The minimum atomic E-state index is -4.04. The van der Waals surface area contributed by atoms with E-state index in [1.54, 1.807) is 5.01 Å². The molecule has 1 aromatic rings. The lowest BCUT2D eigenvalue weighted by Gasteiger charge is -2.20. The molecule has 1 aromatic carbocycles. The number of sulfonamides is 1. The van der Waals surface area contributed by atoms with Gasteiger partial charge in [0.15, 0.2) is 0 Å². The first-order valence-electron chi connectivity index (χ1n) is 7.30. The Bertz CT molecular complexity index is 664. The predicted octanol–water partition coefficient (Wildman–Crippen LogP) is 1.16. The van der Waals surface area contributed by atoms with Gasteiger partial charge in [-0.3, -0.25) is 5.43 Å². The number of aromatic carboxylic acids is 1. The van der Waals surface area contributed by atoms with Crippen molar-refractivity contribution in [2.24, 2.45) is 0 Å². The molecule has 1 aliphatic heterocycles. The van der Waals surface area contributed by atoms with Crippen molar-refractivity contribution in [1.29, 1.82) is 0 Å². The standard InChI is InChI=1S/C14H19N3O5S/c18-13(19)11-5-7-12(8-6-11)23(21,22)16-14(20)15-17-9-3-1-2-4-10-17/h5-8H,1-4,9-10H2,(H,18,19)(H2,15,16,20). The van der Waals surface area contributed by atoms with Crippen molar-refractivity contribution < 1.29 is 23.1 Å².